The average molecular weight is 441 g/mol. The first-order chi connectivity index (χ1) is 14.9. The molecule has 0 unspecified atom stereocenters. The van der Waals surface area contributed by atoms with Crippen LogP contribution < -0.4 is 0 Å². The van der Waals surface area contributed by atoms with Gasteiger partial charge >= 0.3 is 0 Å². The summed E-state index contributed by atoms with van der Waals surface area (Å²) in [6.45, 7) is 3.06. The van der Waals surface area contributed by atoms with Gasteiger partial charge < -0.3 is 4.90 Å². The normalized spacial score (nSPS) is 20.3. The summed E-state index contributed by atoms with van der Waals surface area (Å²) in [5.41, 5.74) is 2.22. The van der Waals surface area contributed by atoms with Crippen molar-refractivity contribution in [3.63, 3.8) is 0 Å². The molecular formula is C24H28N2O4S. The molecule has 0 spiro atoms. The minimum absolute atomic E-state index is 0.0488. The van der Waals surface area contributed by atoms with Crippen LogP contribution in [0.5, 0.6) is 0 Å². The molecule has 164 valence electrons. The SMILES string of the molecule is Cc1ccc(S(=O)(=O)N2C(=O)CC[C@@H]2C(=O)N2CCC(Cc3ccccc3)CC2)cc1. The summed E-state index contributed by atoms with van der Waals surface area (Å²) in [7, 11) is -4.05. The Morgan fingerprint density at radius 3 is 2.26 bits per heavy atom. The van der Waals surface area contributed by atoms with Gasteiger partial charge in [-0.3, -0.25) is 9.59 Å². The molecule has 0 bridgehead atoms. The smallest absolute Gasteiger partial charge is 0.267 e. The van der Waals surface area contributed by atoms with E-state index in [1.54, 1.807) is 17.0 Å². The third-order valence-corrected chi connectivity index (χ3v) is 8.16. The van der Waals surface area contributed by atoms with Crippen LogP contribution in [0.2, 0.25) is 0 Å². The fraction of sp³-hybridized carbons (Fsp3) is 0.417. The summed E-state index contributed by atoms with van der Waals surface area (Å²) < 4.78 is 27.1. The van der Waals surface area contributed by atoms with Crippen LogP contribution in [-0.2, 0) is 26.0 Å². The first kappa shape index (κ1) is 21.6. The molecule has 2 aliphatic heterocycles. The maximum Gasteiger partial charge on any atom is 0.267 e. The molecule has 4 rings (SSSR count). The molecule has 7 heteroatoms. The molecule has 31 heavy (non-hydrogen) atoms. The lowest BCUT2D eigenvalue weighted by molar-refractivity contribution is -0.139. The number of hydrogen-bond acceptors (Lipinski definition) is 4. The zero-order valence-electron chi connectivity index (χ0n) is 17.7. The van der Waals surface area contributed by atoms with Crippen LogP contribution in [0.4, 0.5) is 0 Å². The fourth-order valence-corrected chi connectivity index (χ4v) is 6.12. The van der Waals surface area contributed by atoms with E-state index < -0.39 is 22.0 Å². The average Bonchev–Trinajstić information content (AvgIpc) is 3.17. The second-order valence-corrected chi connectivity index (χ2v) is 10.3. The minimum atomic E-state index is -4.05. The van der Waals surface area contributed by atoms with Gasteiger partial charge in [0.15, 0.2) is 0 Å². The fourth-order valence-electron chi connectivity index (χ4n) is 4.53. The van der Waals surface area contributed by atoms with Gasteiger partial charge in [0.2, 0.25) is 11.8 Å². The molecule has 2 aromatic rings. The standard InChI is InChI=1S/C24H28N2O4S/c1-18-7-9-21(10-8-18)31(29,30)26-22(11-12-23(26)27)24(28)25-15-13-20(14-16-25)17-19-5-3-2-4-6-19/h2-10,20,22H,11-17H2,1H3/t22-/m1/s1. The van der Waals surface area contributed by atoms with Crippen LogP contribution >= 0.6 is 0 Å². The Balaban J connectivity index is 1.44. The third kappa shape index (κ3) is 4.51. The Kier molecular flexibility index (Phi) is 6.14. The van der Waals surface area contributed by atoms with Gasteiger partial charge in [0.1, 0.15) is 6.04 Å². The number of piperidine rings is 1. The number of aryl methyl sites for hydroxylation is 1. The monoisotopic (exact) mass is 440 g/mol. The minimum Gasteiger partial charge on any atom is -0.341 e. The van der Waals surface area contributed by atoms with Crippen molar-refractivity contribution in [1.82, 2.24) is 9.21 Å². The first-order valence-electron chi connectivity index (χ1n) is 10.8. The van der Waals surface area contributed by atoms with Gasteiger partial charge in [-0.05, 0) is 56.2 Å². The van der Waals surface area contributed by atoms with Gasteiger partial charge in [0.25, 0.3) is 10.0 Å². The van der Waals surface area contributed by atoms with Crippen molar-refractivity contribution >= 4 is 21.8 Å². The second-order valence-electron chi connectivity index (χ2n) is 8.52. The summed E-state index contributed by atoms with van der Waals surface area (Å²) in [6.07, 6.45) is 3.06. The zero-order valence-corrected chi connectivity index (χ0v) is 18.6. The maximum absolute atomic E-state index is 13.2. The van der Waals surface area contributed by atoms with Crippen molar-refractivity contribution < 1.29 is 18.0 Å². The van der Waals surface area contributed by atoms with Gasteiger partial charge in [-0.25, -0.2) is 12.7 Å². The van der Waals surface area contributed by atoms with E-state index in [1.807, 2.05) is 25.1 Å². The second kappa shape index (κ2) is 8.83. The Labute approximate surface area is 183 Å². The highest BCUT2D eigenvalue weighted by atomic mass is 32.2. The van der Waals surface area contributed by atoms with E-state index in [9.17, 15) is 18.0 Å². The molecule has 0 radical (unpaired) electrons. The summed E-state index contributed by atoms with van der Waals surface area (Å²) in [5.74, 6) is -0.248. The number of nitrogens with zero attached hydrogens (tertiary/aromatic N) is 2. The quantitative estimate of drug-likeness (QED) is 0.716. The highest BCUT2D eigenvalue weighted by molar-refractivity contribution is 7.89. The topological polar surface area (TPSA) is 74.8 Å². The number of hydrogen-bond donors (Lipinski definition) is 0. The molecule has 0 aliphatic carbocycles. The molecule has 1 atom stereocenters. The Hall–Kier alpha value is -2.67. The van der Waals surface area contributed by atoms with Crippen molar-refractivity contribution in [2.45, 2.75) is 50.0 Å². The summed E-state index contributed by atoms with van der Waals surface area (Å²) in [4.78, 5) is 27.5. The number of carbonyl (C=O) groups is 2. The van der Waals surface area contributed by atoms with Crippen molar-refractivity contribution in [2.75, 3.05) is 13.1 Å². The number of amides is 2. The number of likely N-dealkylation sites (tertiary alicyclic amines) is 1. The van der Waals surface area contributed by atoms with Crippen LogP contribution in [0.25, 0.3) is 0 Å². The van der Waals surface area contributed by atoms with Gasteiger partial charge in [0.05, 0.1) is 4.90 Å². The van der Waals surface area contributed by atoms with Crippen molar-refractivity contribution in [3.8, 4) is 0 Å². The molecule has 2 amide bonds. The van der Waals surface area contributed by atoms with Crippen molar-refractivity contribution in [2.24, 2.45) is 5.92 Å². The lowest BCUT2D eigenvalue weighted by atomic mass is 9.90. The maximum atomic E-state index is 13.2. The Morgan fingerprint density at radius 2 is 1.61 bits per heavy atom. The highest BCUT2D eigenvalue weighted by Crippen LogP contribution is 2.30. The van der Waals surface area contributed by atoms with Crippen molar-refractivity contribution in [1.29, 1.82) is 0 Å². The number of benzene rings is 2. The molecule has 6 nitrogen and oxygen atoms in total. The lowest BCUT2D eigenvalue weighted by Crippen LogP contribution is -2.51. The molecule has 0 N–H and O–H groups in total. The van der Waals surface area contributed by atoms with Crippen LogP contribution in [0, 0.1) is 12.8 Å². The van der Waals surface area contributed by atoms with Gasteiger partial charge in [-0.1, -0.05) is 48.0 Å². The van der Waals surface area contributed by atoms with E-state index in [1.165, 1.54) is 17.7 Å². The largest absolute Gasteiger partial charge is 0.341 e. The van der Waals surface area contributed by atoms with E-state index in [4.69, 9.17) is 0 Å². The van der Waals surface area contributed by atoms with E-state index in [2.05, 4.69) is 12.1 Å². The van der Waals surface area contributed by atoms with Crippen LogP contribution in [0.3, 0.4) is 0 Å². The number of carbonyl (C=O) groups excluding carboxylic acids is 2. The predicted molar refractivity (Wildman–Crippen MR) is 118 cm³/mol. The zero-order chi connectivity index (χ0) is 22.0. The molecule has 2 heterocycles. The highest BCUT2D eigenvalue weighted by Gasteiger charge is 2.45. The van der Waals surface area contributed by atoms with E-state index >= 15 is 0 Å². The number of rotatable bonds is 5. The first-order valence-corrected chi connectivity index (χ1v) is 12.3. The van der Waals surface area contributed by atoms with E-state index in [0.29, 0.717) is 19.0 Å². The summed E-state index contributed by atoms with van der Waals surface area (Å²) >= 11 is 0. The van der Waals surface area contributed by atoms with Crippen molar-refractivity contribution in [3.05, 3.63) is 65.7 Å². The summed E-state index contributed by atoms with van der Waals surface area (Å²) in [6, 6.07) is 15.8. The molecular weight excluding hydrogens is 412 g/mol. The van der Waals surface area contributed by atoms with Crippen LogP contribution in [0.15, 0.2) is 59.5 Å². The molecule has 2 aliphatic rings. The molecule has 0 aromatic heterocycles. The van der Waals surface area contributed by atoms with E-state index in [0.717, 1.165) is 29.1 Å². The van der Waals surface area contributed by atoms with Gasteiger partial charge in [0, 0.05) is 19.5 Å². The predicted octanol–water partition coefficient (Wildman–Crippen LogP) is 3.16. The lowest BCUT2D eigenvalue weighted by Gasteiger charge is -2.35. The molecule has 2 fully saturated rings. The molecule has 2 aromatic carbocycles. The Morgan fingerprint density at radius 1 is 0.968 bits per heavy atom. The molecule has 2 saturated heterocycles. The van der Waals surface area contributed by atoms with E-state index in [-0.39, 0.29) is 23.6 Å². The van der Waals surface area contributed by atoms with Gasteiger partial charge in [-0.15, -0.1) is 0 Å². The molecule has 0 saturated carbocycles. The number of sulfonamides is 1. The summed E-state index contributed by atoms with van der Waals surface area (Å²) in [5, 5.41) is 0. The Bertz CT molecular complexity index is 1040. The van der Waals surface area contributed by atoms with Crippen LogP contribution in [0.1, 0.15) is 36.8 Å². The van der Waals surface area contributed by atoms with Crippen LogP contribution in [-0.4, -0.2) is 48.6 Å². The third-order valence-electron chi connectivity index (χ3n) is 6.32. The van der Waals surface area contributed by atoms with Gasteiger partial charge in [-0.2, -0.15) is 0 Å².